The summed E-state index contributed by atoms with van der Waals surface area (Å²) in [7, 11) is -3.17. The van der Waals surface area contributed by atoms with Gasteiger partial charge in [-0.25, -0.2) is 13.1 Å². The van der Waals surface area contributed by atoms with Gasteiger partial charge in [0.15, 0.2) is 0 Å². The molecule has 1 aliphatic rings. The first-order valence-electron chi connectivity index (χ1n) is 6.90. The van der Waals surface area contributed by atoms with E-state index in [1.54, 1.807) is 0 Å². The molecule has 2 N–H and O–H groups in total. The zero-order valence-electron chi connectivity index (χ0n) is 11.1. The van der Waals surface area contributed by atoms with E-state index in [4.69, 9.17) is 0 Å². The SMILES string of the molecule is O=S(=O)(CCc1ccccc1)NC1CCCNCC1. The van der Waals surface area contributed by atoms with Crippen LogP contribution in [0.5, 0.6) is 0 Å². The Balaban J connectivity index is 1.84. The monoisotopic (exact) mass is 282 g/mol. The van der Waals surface area contributed by atoms with Crippen molar-refractivity contribution in [1.82, 2.24) is 10.0 Å². The lowest BCUT2D eigenvalue weighted by Crippen LogP contribution is -2.37. The lowest BCUT2D eigenvalue weighted by Gasteiger charge is -2.16. The highest BCUT2D eigenvalue weighted by Gasteiger charge is 2.18. The summed E-state index contributed by atoms with van der Waals surface area (Å²) in [5.41, 5.74) is 1.07. The third-order valence-corrected chi connectivity index (χ3v) is 4.86. The predicted octanol–water partition coefficient (Wildman–Crippen LogP) is 1.29. The van der Waals surface area contributed by atoms with Crippen LogP contribution in [-0.4, -0.2) is 33.3 Å². The van der Waals surface area contributed by atoms with Gasteiger partial charge in [0.1, 0.15) is 0 Å². The van der Waals surface area contributed by atoms with E-state index >= 15 is 0 Å². The van der Waals surface area contributed by atoms with Crippen molar-refractivity contribution >= 4 is 10.0 Å². The Morgan fingerprint density at radius 1 is 1.16 bits per heavy atom. The quantitative estimate of drug-likeness (QED) is 0.855. The fourth-order valence-corrected chi connectivity index (χ4v) is 3.71. The van der Waals surface area contributed by atoms with Crippen molar-refractivity contribution < 1.29 is 8.42 Å². The van der Waals surface area contributed by atoms with Crippen LogP contribution < -0.4 is 10.0 Å². The van der Waals surface area contributed by atoms with Gasteiger partial charge in [0.25, 0.3) is 0 Å². The number of rotatable bonds is 5. The minimum atomic E-state index is -3.17. The van der Waals surface area contributed by atoms with Crippen molar-refractivity contribution in [3.8, 4) is 0 Å². The molecule has 0 aliphatic carbocycles. The zero-order chi connectivity index (χ0) is 13.6. The summed E-state index contributed by atoms with van der Waals surface area (Å²) >= 11 is 0. The van der Waals surface area contributed by atoms with Gasteiger partial charge in [-0.2, -0.15) is 0 Å². The summed E-state index contributed by atoms with van der Waals surface area (Å²) in [6, 6.07) is 9.83. The molecule has 0 aromatic heterocycles. The van der Waals surface area contributed by atoms with E-state index in [1.165, 1.54) is 0 Å². The number of sulfonamides is 1. The summed E-state index contributed by atoms with van der Waals surface area (Å²) < 4.78 is 26.9. The highest BCUT2D eigenvalue weighted by Crippen LogP contribution is 2.08. The van der Waals surface area contributed by atoms with Gasteiger partial charge in [-0.3, -0.25) is 0 Å². The standard InChI is InChI=1S/C14H22N2O2S/c17-19(18,12-9-13-5-2-1-3-6-13)16-14-7-4-10-15-11-8-14/h1-3,5-6,14-16H,4,7-12H2. The first kappa shape index (κ1) is 14.5. The molecule has 1 aliphatic heterocycles. The maximum absolute atomic E-state index is 12.1. The topological polar surface area (TPSA) is 58.2 Å². The predicted molar refractivity (Wildman–Crippen MR) is 77.6 cm³/mol. The Morgan fingerprint density at radius 2 is 1.95 bits per heavy atom. The maximum Gasteiger partial charge on any atom is 0.212 e. The average molecular weight is 282 g/mol. The Kier molecular flexibility index (Phi) is 5.36. The number of nitrogens with one attached hydrogen (secondary N) is 2. The van der Waals surface area contributed by atoms with E-state index in [9.17, 15) is 8.42 Å². The van der Waals surface area contributed by atoms with Gasteiger partial charge in [-0.05, 0) is 44.3 Å². The lowest BCUT2D eigenvalue weighted by atomic mass is 10.1. The fraction of sp³-hybridized carbons (Fsp3) is 0.571. The van der Waals surface area contributed by atoms with E-state index in [-0.39, 0.29) is 11.8 Å². The fourth-order valence-electron chi connectivity index (χ4n) is 2.35. The molecule has 0 spiro atoms. The second kappa shape index (κ2) is 7.03. The number of hydrogen-bond donors (Lipinski definition) is 2. The van der Waals surface area contributed by atoms with Crippen LogP contribution in [0.3, 0.4) is 0 Å². The van der Waals surface area contributed by atoms with Crippen LogP contribution in [0.2, 0.25) is 0 Å². The van der Waals surface area contributed by atoms with Crippen LogP contribution in [0, 0.1) is 0 Å². The second-order valence-electron chi connectivity index (χ2n) is 5.05. The largest absolute Gasteiger partial charge is 0.317 e. The second-order valence-corrected chi connectivity index (χ2v) is 6.92. The third-order valence-electron chi connectivity index (χ3n) is 3.42. The van der Waals surface area contributed by atoms with E-state index in [0.29, 0.717) is 6.42 Å². The van der Waals surface area contributed by atoms with Crippen molar-refractivity contribution in [2.24, 2.45) is 0 Å². The Hall–Kier alpha value is -0.910. The van der Waals surface area contributed by atoms with Crippen molar-refractivity contribution in [3.05, 3.63) is 35.9 Å². The number of aryl methyl sites for hydroxylation is 1. The summed E-state index contributed by atoms with van der Waals surface area (Å²) in [4.78, 5) is 0. The van der Waals surface area contributed by atoms with Crippen LogP contribution in [0.25, 0.3) is 0 Å². The molecule has 106 valence electrons. The van der Waals surface area contributed by atoms with E-state index in [2.05, 4.69) is 10.0 Å². The minimum absolute atomic E-state index is 0.0933. The van der Waals surface area contributed by atoms with Crippen LogP contribution in [0.15, 0.2) is 30.3 Å². The molecule has 1 fully saturated rings. The molecule has 19 heavy (non-hydrogen) atoms. The molecule has 0 saturated carbocycles. The molecule has 0 bridgehead atoms. The highest BCUT2D eigenvalue weighted by atomic mass is 32.2. The minimum Gasteiger partial charge on any atom is -0.317 e. The van der Waals surface area contributed by atoms with Gasteiger partial charge in [0, 0.05) is 6.04 Å². The third kappa shape index (κ3) is 5.30. The molecular formula is C14H22N2O2S. The van der Waals surface area contributed by atoms with Gasteiger partial charge >= 0.3 is 0 Å². The first-order valence-corrected chi connectivity index (χ1v) is 8.55. The zero-order valence-corrected chi connectivity index (χ0v) is 12.0. The maximum atomic E-state index is 12.1. The van der Waals surface area contributed by atoms with Crippen LogP contribution in [0.1, 0.15) is 24.8 Å². The summed E-state index contributed by atoms with van der Waals surface area (Å²) in [6.45, 7) is 1.88. The molecule has 1 unspecified atom stereocenters. The molecule has 0 amide bonds. The molecule has 5 heteroatoms. The molecule has 1 atom stereocenters. The Morgan fingerprint density at radius 3 is 2.74 bits per heavy atom. The van der Waals surface area contributed by atoms with E-state index in [0.717, 1.165) is 37.9 Å². The molecule has 1 aromatic rings. The van der Waals surface area contributed by atoms with Crippen LogP contribution >= 0.6 is 0 Å². The Labute approximate surface area is 115 Å². The summed E-state index contributed by atoms with van der Waals surface area (Å²) in [6.07, 6.45) is 3.41. The number of benzene rings is 1. The average Bonchev–Trinajstić information content (AvgIpc) is 2.66. The molecule has 4 nitrogen and oxygen atoms in total. The summed E-state index contributed by atoms with van der Waals surface area (Å²) in [5.74, 6) is 0.168. The molecule has 1 heterocycles. The first-order chi connectivity index (χ1) is 9.16. The summed E-state index contributed by atoms with van der Waals surface area (Å²) in [5, 5.41) is 3.29. The lowest BCUT2D eigenvalue weighted by molar-refractivity contribution is 0.518. The molecule has 1 aromatic carbocycles. The van der Waals surface area contributed by atoms with Crippen LogP contribution in [0.4, 0.5) is 0 Å². The van der Waals surface area contributed by atoms with Crippen molar-refractivity contribution in [1.29, 1.82) is 0 Å². The van der Waals surface area contributed by atoms with Crippen molar-refractivity contribution in [2.75, 3.05) is 18.8 Å². The van der Waals surface area contributed by atoms with E-state index in [1.807, 2.05) is 30.3 Å². The number of hydrogen-bond acceptors (Lipinski definition) is 3. The highest BCUT2D eigenvalue weighted by molar-refractivity contribution is 7.89. The van der Waals surface area contributed by atoms with Gasteiger partial charge in [0.05, 0.1) is 5.75 Å². The van der Waals surface area contributed by atoms with Crippen molar-refractivity contribution in [2.45, 2.75) is 31.7 Å². The molecule has 2 rings (SSSR count). The van der Waals surface area contributed by atoms with Gasteiger partial charge in [-0.1, -0.05) is 30.3 Å². The van der Waals surface area contributed by atoms with Gasteiger partial charge < -0.3 is 5.32 Å². The normalized spacial score (nSPS) is 20.9. The van der Waals surface area contributed by atoms with Crippen LogP contribution in [-0.2, 0) is 16.4 Å². The van der Waals surface area contributed by atoms with Gasteiger partial charge in [0.2, 0.25) is 10.0 Å². The molecule has 0 radical (unpaired) electrons. The molecule has 1 saturated heterocycles. The molecular weight excluding hydrogens is 260 g/mol. The van der Waals surface area contributed by atoms with E-state index < -0.39 is 10.0 Å². The smallest absolute Gasteiger partial charge is 0.212 e. The van der Waals surface area contributed by atoms with Gasteiger partial charge in [-0.15, -0.1) is 0 Å². The van der Waals surface area contributed by atoms with Crippen molar-refractivity contribution in [3.63, 3.8) is 0 Å². The Bertz CT molecular complexity index is 465.